The third kappa shape index (κ3) is 3.93. The van der Waals surface area contributed by atoms with Gasteiger partial charge in [-0.25, -0.2) is 10.9 Å². The Labute approximate surface area is 107 Å². The van der Waals surface area contributed by atoms with Crippen molar-refractivity contribution in [1.29, 1.82) is 0 Å². The molecule has 0 unspecified atom stereocenters. The van der Waals surface area contributed by atoms with Gasteiger partial charge in [-0.3, -0.25) is 0 Å². The van der Waals surface area contributed by atoms with Crippen LogP contribution in [0.5, 0.6) is 5.75 Å². The zero-order valence-electron chi connectivity index (χ0n) is 10.9. The zero-order valence-corrected chi connectivity index (χ0v) is 11.8. The van der Waals surface area contributed by atoms with E-state index in [4.69, 9.17) is 9.47 Å². The molecular formula is C14H22O2S. The molecule has 0 spiro atoms. The average Bonchev–Trinajstić information content (AvgIpc) is 2.29. The van der Waals surface area contributed by atoms with Crippen LogP contribution >= 0.6 is 10.9 Å². The number of benzene rings is 1. The largest absolute Gasteiger partial charge is 0.488 e. The number of thiol groups is 1. The molecule has 1 aromatic carbocycles. The summed E-state index contributed by atoms with van der Waals surface area (Å²) in [5, 5.41) is 0. The van der Waals surface area contributed by atoms with Gasteiger partial charge < -0.3 is 9.47 Å². The van der Waals surface area contributed by atoms with E-state index in [-0.39, 0.29) is 16.5 Å². The summed E-state index contributed by atoms with van der Waals surface area (Å²) in [4.78, 5) is 1.48. The van der Waals surface area contributed by atoms with Crippen LogP contribution in [0.15, 0.2) is 29.2 Å². The lowest BCUT2D eigenvalue weighted by molar-refractivity contribution is 0.131. The maximum absolute atomic E-state index is 5.83. The molecule has 0 saturated carbocycles. The molecule has 0 aromatic heterocycles. The first-order chi connectivity index (χ1) is 8.04. The predicted molar refractivity (Wildman–Crippen MR) is 74.6 cm³/mol. The quantitative estimate of drug-likeness (QED) is 0.817. The molecule has 1 aliphatic rings. The molecule has 0 bridgehead atoms. The highest BCUT2D eigenvalue weighted by atomic mass is 32.2. The van der Waals surface area contributed by atoms with Gasteiger partial charge in [0.15, 0.2) is 0 Å². The molecule has 3 heteroatoms. The Balaban J connectivity index is 2.02. The minimum Gasteiger partial charge on any atom is -0.488 e. The minimum atomic E-state index is -0.120. The smallest absolute Gasteiger partial charge is 0.120 e. The molecule has 1 aliphatic heterocycles. The fraction of sp³-hybridized carbons (Fsp3) is 0.571. The molecule has 0 radical (unpaired) electrons. The molecular weight excluding hydrogens is 232 g/mol. The van der Waals surface area contributed by atoms with E-state index < -0.39 is 0 Å². The summed E-state index contributed by atoms with van der Waals surface area (Å²) in [6.07, 6.45) is 0. The molecule has 0 N–H and O–H groups in total. The number of ether oxygens (including phenoxy) is 2. The monoisotopic (exact) mass is 254 g/mol. The van der Waals surface area contributed by atoms with Gasteiger partial charge >= 0.3 is 0 Å². The molecule has 96 valence electrons. The zero-order chi connectivity index (χ0) is 12.3. The maximum atomic E-state index is 5.83. The minimum absolute atomic E-state index is 0.00711. The van der Waals surface area contributed by atoms with Crippen LogP contribution in [-0.2, 0) is 4.74 Å². The molecule has 2 nitrogen and oxygen atoms in total. The number of hydrogen-bond acceptors (Lipinski definition) is 2. The third-order valence-electron chi connectivity index (χ3n) is 2.64. The molecule has 0 atom stereocenters. The fourth-order valence-corrected chi connectivity index (χ4v) is 3.91. The molecule has 0 aliphatic carbocycles. The Morgan fingerprint density at radius 2 is 1.65 bits per heavy atom. The van der Waals surface area contributed by atoms with Crippen LogP contribution < -0.4 is 4.74 Å². The van der Waals surface area contributed by atoms with E-state index in [1.807, 2.05) is 0 Å². The van der Waals surface area contributed by atoms with Gasteiger partial charge in [0.05, 0.1) is 13.2 Å². The fourth-order valence-electron chi connectivity index (χ4n) is 1.90. The molecule has 2 rings (SSSR count). The van der Waals surface area contributed by atoms with Crippen LogP contribution in [0.2, 0.25) is 0 Å². The maximum Gasteiger partial charge on any atom is 0.120 e. The van der Waals surface area contributed by atoms with Crippen molar-refractivity contribution < 1.29 is 9.47 Å². The topological polar surface area (TPSA) is 18.5 Å². The van der Waals surface area contributed by atoms with Gasteiger partial charge in [-0.1, -0.05) is 0 Å². The second-order valence-electron chi connectivity index (χ2n) is 5.31. The second-order valence-corrected chi connectivity index (χ2v) is 7.80. The first-order valence-corrected chi connectivity index (χ1v) is 7.88. The van der Waals surface area contributed by atoms with Crippen LogP contribution in [-0.4, -0.2) is 30.3 Å². The summed E-state index contributed by atoms with van der Waals surface area (Å²) < 4.78 is 11.2. The average molecular weight is 254 g/mol. The first-order valence-electron chi connectivity index (χ1n) is 6.16. The van der Waals surface area contributed by atoms with Gasteiger partial charge in [0.2, 0.25) is 0 Å². The number of rotatable bonds is 2. The van der Waals surface area contributed by atoms with Crippen molar-refractivity contribution in [2.24, 2.45) is 0 Å². The van der Waals surface area contributed by atoms with Crippen molar-refractivity contribution in [1.82, 2.24) is 0 Å². The molecule has 0 amide bonds. The normalized spacial score (nSPS) is 19.1. The van der Waals surface area contributed by atoms with Crippen LogP contribution in [0.25, 0.3) is 0 Å². The summed E-state index contributed by atoms with van der Waals surface area (Å²) in [6.45, 7) is 8.06. The van der Waals surface area contributed by atoms with E-state index in [0.717, 1.165) is 19.0 Å². The van der Waals surface area contributed by atoms with Gasteiger partial charge in [0.25, 0.3) is 0 Å². The van der Waals surface area contributed by atoms with Crippen molar-refractivity contribution in [2.75, 3.05) is 24.7 Å². The molecule has 1 saturated heterocycles. The predicted octanol–water partition coefficient (Wildman–Crippen LogP) is 3.25. The van der Waals surface area contributed by atoms with E-state index in [1.54, 1.807) is 0 Å². The van der Waals surface area contributed by atoms with Crippen LogP contribution in [0.3, 0.4) is 0 Å². The molecule has 1 heterocycles. The van der Waals surface area contributed by atoms with Crippen molar-refractivity contribution >= 4 is 10.9 Å². The van der Waals surface area contributed by atoms with Gasteiger partial charge in [-0.05, 0) is 49.9 Å². The number of hydrogen-bond donors (Lipinski definition) is 1. The summed E-state index contributed by atoms with van der Waals surface area (Å²) >= 11 is 0. The van der Waals surface area contributed by atoms with E-state index in [0.29, 0.717) is 0 Å². The van der Waals surface area contributed by atoms with E-state index in [2.05, 4.69) is 45.0 Å². The Morgan fingerprint density at radius 1 is 1.06 bits per heavy atom. The Bertz CT molecular complexity index is 347. The highest BCUT2D eigenvalue weighted by molar-refractivity contribution is 8.17. The highest BCUT2D eigenvalue weighted by Gasteiger charge is 2.14. The highest BCUT2D eigenvalue weighted by Crippen LogP contribution is 2.38. The Morgan fingerprint density at radius 3 is 2.18 bits per heavy atom. The van der Waals surface area contributed by atoms with Crippen LogP contribution in [0.4, 0.5) is 0 Å². The van der Waals surface area contributed by atoms with E-state index in [9.17, 15) is 0 Å². The summed E-state index contributed by atoms with van der Waals surface area (Å²) in [5.41, 5.74) is -0.120. The molecule has 1 aromatic rings. The van der Waals surface area contributed by atoms with Crippen molar-refractivity contribution in [2.45, 2.75) is 31.3 Å². The van der Waals surface area contributed by atoms with Crippen LogP contribution in [0, 0.1) is 0 Å². The SMILES string of the molecule is CC(C)(C)Oc1ccc([SH]2CCOCC2)cc1. The van der Waals surface area contributed by atoms with Crippen molar-refractivity contribution in [3.05, 3.63) is 24.3 Å². The Kier molecular flexibility index (Phi) is 4.00. The first kappa shape index (κ1) is 12.8. The summed E-state index contributed by atoms with van der Waals surface area (Å²) in [7, 11) is 0.00711. The van der Waals surface area contributed by atoms with Gasteiger partial charge in [-0.15, -0.1) is 0 Å². The lowest BCUT2D eigenvalue weighted by Gasteiger charge is -2.27. The molecule has 1 fully saturated rings. The second kappa shape index (κ2) is 5.32. The van der Waals surface area contributed by atoms with Crippen LogP contribution in [0.1, 0.15) is 20.8 Å². The third-order valence-corrected chi connectivity index (χ3v) is 5.11. The van der Waals surface area contributed by atoms with Gasteiger partial charge in [-0.2, -0.15) is 0 Å². The summed E-state index contributed by atoms with van der Waals surface area (Å²) in [5.74, 6) is 3.37. The van der Waals surface area contributed by atoms with Gasteiger partial charge in [0, 0.05) is 11.5 Å². The van der Waals surface area contributed by atoms with E-state index >= 15 is 0 Å². The lowest BCUT2D eigenvalue weighted by Crippen LogP contribution is -2.22. The molecule has 17 heavy (non-hydrogen) atoms. The Hall–Kier alpha value is -0.670. The van der Waals surface area contributed by atoms with Crippen molar-refractivity contribution in [3.8, 4) is 5.75 Å². The van der Waals surface area contributed by atoms with Crippen molar-refractivity contribution in [3.63, 3.8) is 0 Å². The van der Waals surface area contributed by atoms with E-state index in [1.165, 1.54) is 16.4 Å². The standard InChI is InChI=1S/C14H22O2S/c1-14(2,3)16-12-4-6-13(7-5-12)17-10-8-15-9-11-17/h4-7,17H,8-11H2,1-3H3. The lowest BCUT2D eigenvalue weighted by atomic mass is 10.2. The summed E-state index contributed by atoms with van der Waals surface area (Å²) in [6, 6.07) is 8.63. The van der Waals surface area contributed by atoms with Gasteiger partial charge in [0.1, 0.15) is 11.4 Å².